The lowest BCUT2D eigenvalue weighted by atomic mass is 9.98. The first-order chi connectivity index (χ1) is 13.5. The summed E-state index contributed by atoms with van der Waals surface area (Å²) in [6.07, 6.45) is 2.15. The Hall–Kier alpha value is -3.23. The summed E-state index contributed by atoms with van der Waals surface area (Å²) in [5, 5.41) is 10.6. The highest BCUT2D eigenvalue weighted by Crippen LogP contribution is 2.35. The highest BCUT2D eigenvalue weighted by molar-refractivity contribution is 6.08. The summed E-state index contributed by atoms with van der Waals surface area (Å²) in [6, 6.07) is 8.65. The molecule has 3 amide bonds. The first-order valence-corrected chi connectivity index (χ1v) is 9.21. The number of rotatable bonds is 5. The van der Waals surface area contributed by atoms with Gasteiger partial charge in [-0.05, 0) is 31.9 Å². The van der Waals surface area contributed by atoms with Gasteiger partial charge in [0.15, 0.2) is 6.10 Å². The number of imide groups is 1. The molecular formula is C19H20N4O5. The molecule has 1 aliphatic heterocycles. The maximum absolute atomic E-state index is 12.6. The highest BCUT2D eigenvalue weighted by Gasteiger charge is 2.52. The molecule has 1 aliphatic carbocycles. The molecule has 0 bridgehead atoms. The molecule has 0 unspecified atom stereocenters. The number of carbonyl (C=O) groups is 3. The lowest BCUT2D eigenvalue weighted by Crippen LogP contribution is -2.44. The number of aromatic nitrogens is 2. The predicted octanol–water partition coefficient (Wildman–Crippen LogP) is 2.21. The molecule has 1 aromatic carbocycles. The molecule has 4 rings (SSSR count). The molecule has 2 aliphatic rings. The van der Waals surface area contributed by atoms with Crippen molar-refractivity contribution in [3.05, 3.63) is 36.2 Å². The van der Waals surface area contributed by atoms with Gasteiger partial charge in [0.2, 0.25) is 5.89 Å². The summed E-state index contributed by atoms with van der Waals surface area (Å²) in [5.74, 6) is -0.623. The molecule has 2 heterocycles. The van der Waals surface area contributed by atoms with Crippen LogP contribution in [0, 0.1) is 0 Å². The van der Waals surface area contributed by atoms with Crippen LogP contribution in [0.2, 0.25) is 0 Å². The molecule has 1 N–H and O–H groups in total. The second-order valence-electron chi connectivity index (χ2n) is 7.05. The zero-order chi connectivity index (χ0) is 19.7. The fourth-order valence-electron chi connectivity index (χ4n) is 3.65. The lowest BCUT2D eigenvalue weighted by molar-refractivity contribution is -0.152. The van der Waals surface area contributed by atoms with E-state index in [4.69, 9.17) is 9.15 Å². The molecule has 1 spiro atoms. The van der Waals surface area contributed by atoms with Crippen molar-refractivity contribution in [2.24, 2.45) is 0 Å². The van der Waals surface area contributed by atoms with E-state index in [1.54, 1.807) is 6.92 Å². The number of urea groups is 1. The molecule has 1 atom stereocenters. The molecule has 146 valence electrons. The molecule has 1 aromatic heterocycles. The SMILES string of the molecule is C[C@H](OC(=O)CN1C(=O)NC2(CCCC2)C1=O)c1nnc(-c2ccccc2)o1. The smallest absolute Gasteiger partial charge is 0.327 e. The Morgan fingerprint density at radius 1 is 1.25 bits per heavy atom. The van der Waals surface area contributed by atoms with Crippen molar-refractivity contribution in [2.45, 2.75) is 44.2 Å². The van der Waals surface area contributed by atoms with Crippen LogP contribution < -0.4 is 5.32 Å². The lowest BCUT2D eigenvalue weighted by Gasteiger charge is -2.19. The second kappa shape index (κ2) is 7.06. The van der Waals surface area contributed by atoms with E-state index in [1.165, 1.54) is 0 Å². The molecule has 28 heavy (non-hydrogen) atoms. The molecular weight excluding hydrogens is 364 g/mol. The summed E-state index contributed by atoms with van der Waals surface area (Å²) in [5.41, 5.74) is -0.0963. The normalized spacial score (nSPS) is 19.1. The minimum absolute atomic E-state index is 0.136. The Balaban J connectivity index is 1.38. The van der Waals surface area contributed by atoms with Gasteiger partial charge in [0.05, 0.1) is 0 Å². The van der Waals surface area contributed by atoms with Crippen molar-refractivity contribution >= 4 is 17.9 Å². The van der Waals surface area contributed by atoms with Gasteiger partial charge in [-0.2, -0.15) is 0 Å². The average molecular weight is 384 g/mol. The number of benzene rings is 1. The van der Waals surface area contributed by atoms with Crippen molar-refractivity contribution in [1.29, 1.82) is 0 Å². The Bertz CT molecular complexity index is 904. The van der Waals surface area contributed by atoms with Crippen molar-refractivity contribution in [3.63, 3.8) is 0 Å². The summed E-state index contributed by atoms with van der Waals surface area (Å²) >= 11 is 0. The van der Waals surface area contributed by atoms with Gasteiger partial charge < -0.3 is 14.5 Å². The monoisotopic (exact) mass is 384 g/mol. The van der Waals surface area contributed by atoms with E-state index in [0.717, 1.165) is 23.3 Å². The molecule has 1 saturated carbocycles. The molecule has 1 saturated heterocycles. The van der Waals surface area contributed by atoms with E-state index in [9.17, 15) is 14.4 Å². The first-order valence-electron chi connectivity index (χ1n) is 9.21. The minimum atomic E-state index is -0.847. The van der Waals surface area contributed by atoms with Crippen molar-refractivity contribution < 1.29 is 23.5 Å². The summed E-state index contributed by atoms with van der Waals surface area (Å²) in [4.78, 5) is 37.9. The van der Waals surface area contributed by atoms with Gasteiger partial charge in [-0.25, -0.2) is 4.79 Å². The van der Waals surface area contributed by atoms with Gasteiger partial charge in [0, 0.05) is 5.56 Å². The largest absolute Gasteiger partial charge is 0.451 e. The first kappa shape index (κ1) is 18.1. The Morgan fingerprint density at radius 3 is 2.68 bits per heavy atom. The number of nitrogens with one attached hydrogen (secondary N) is 1. The molecule has 9 heteroatoms. The number of carbonyl (C=O) groups excluding carboxylic acids is 3. The van der Waals surface area contributed by atoms with E-state index in [-0.39, 0.29) is 11.8 Å². The molecule has 0 radical (unpaired) electrons. The van der Waals surface area contributed by atoms with Crippen molar-refractivity contribution in [2.75, 3.05) is 6.54 Å². The minimum Gasteiger partial charge on any atom is -0.451 e. The average Bonchev–Trinajstić information content (AvgIpc) is 3.40. The van der Waals surface area contributed by atoms with Gasteiger partial charge in [0.25, 0.3) is 11.8 Å². The van der Waals surface area contributed by atoms with E-state index >= 15 is 0 Å². The fraction of sp³-hybridized carbons (Fsp3) is 0.421. The third-order valence-corrected chi connectivity index (χ3v) is 5.11. The Kier molecular flexibility index (Phi) is 4.58. The zero-order valence-electron chi connectivity index (χ0n) is 15.4. The quantitative estimate of drug-likeness (QED) is 0.621. The topological polar surface area (TPSA) is 115 Å². The molecule has 2 fully saturated rings. The fourth-order valence-corrected chi connectivity index (χ4v) is 3.65. The van der Waals surface area contributed by atoms with Crippen LogP contribution >= 0.6 is 0 Å². The third-order valence-electron chi connectivity index (χ3n) is 5.11. The summed E-state index contributed by atoms with van der Waals surface area (Å²) < 4.78 is 10.8. The number of amides is 3. The van der Waals surface area contributed by atoms with Crippen molar-refractivity contribution in [3.8, 4) is 11.5 Å². The maximum Gasteiger partial charge on any atom is 0.327 e. The van der Waals surface area contributed by atoms with Gasteiger partial charge in [0.1, 0.15) is 12.1 Å². The maximum atomic E-state index is 12.6. The predicted molar refractivity (Wildman–Crippen MR) is 95.7 cm³/mol. The number of hydrogen-bond donors (Lipinski definition) is 1. The number of esters is 1. The van der Waals surface area contributed by atoms with Crippen LogP contribution in [0.5, 0.6) is 0 Å². The van der Waals surface area contributed by atoms with Crippen LogP contribution in [-0.2, 0) is 14.3 Å². The molecule has 2 aromatic rings. The van der Waals surface area contributed by atoms with Gasteiger partial charge in [-0.1, -0.05) is 31.0 Å². The number of ether oxygens (including phenoxy) is 1. The van der Waals surface area contributed by atoms with Crippen LogP contribution in [0.1, 0.15) is 44.6 Å². The Labute approximate surface area is 161 Å². The number of hydrogen-bond acceptors (Lipinski definition) is 7. The summed E-state index contributed by atoms with van der Waals surface area (Å²) in [7, 11) is 0. The standard InChI is InChI=1S/C19H20N4O5/c1-12(15-21-22-16(28-15)13-7-3-2-4-8-13)27-14(24)11-23-17(25)19(20-18(23)26)9-5-6-10-19/h2-4,7-8,12H,5-6,9-11H2,1H3,(H,20,26)/t12-/m0/s1. The third kappa shape index (κ3) is 3.23. The van der Waals surface area contributed by atoms with Crippen LogP contribution in [0.25, 0.3) is 11.5 Å². The zero-order valence-corrected chi connectivity index (χ0v) is 15.4. The van der Waals surface area contributed by atoms with E-state index in [1.807, 2.05) is 30.3 Å². The van der Waals surface area contributed by atoms with E-state index in [2.05, 4.69) is 15.5 Å². The van der Waals surface area contributed by atoms with Crippen LogP contribution in [0.15, 0.2) is 34.7 Å². The number of nitrogens with zero attached hydrogens (tertiary/aromatic N) is 3. The van der Waals surface area contributed by atoms with Gasteiger partial charge >= 0.3 is 12.0 Å². The summed E-state index contributed by atoms with van der Waals surface area (Å²) in [6.45, 7) is 1.14. The second-order valence-corrected chi connectivity index (χ2v) is 7.05. The Morgan fingerprint density at radius 2 is 1.96 bits per heavy atom. The highest BCUT2D eigenvalue weighted by atomic mass is 16.6. The molecule has 9 nitrogen and oxygen atoms in total. The van der Waals surface area contributed by atoms with Gasteiger partial charge in [-0.3, -0.25) is 14.5 Å². The van der Waals surface area contributed by atoms with E-state index < -0.39 is 30.2 Å². The van der Waals surface area contributed by atoms with Crippen LogP contribution in [-0.4, -0.2) is 45.1 Å². The van der Waals surface area contributed by atoms with Crippen LogP contribution in [0.3, 0.4) is 0 Å². The van der Waals surface area contributed by atoms with Crippen LogP contribution in [0.4, 0.5) is 4.79 Å². The van der Waals surface area contributed by atoms with Crippen molar-refractivity contribution in [1.82, 2.24) is 20.4 Å². The van der Waals surface area contributed by atoms with E-state index in [0.29, 0.717) is 18.7 Å². The van der Waals surface area contributed by atoms with Gasteiger partial charge in [-0.15, -0.1) is 10.2 Å².